The summed E-state index contributed by atoms with van der Waals surface area (Å²) in [6.07, 6.45) is 1.31. The van der Waals surface area contributed by atoms with Crippen molar-refractivity contribution in [3.05, 3.63) is 64.2 Å². The van der Waals surface area contributed by atoms with Crippen molar-refractivity contribution in [2.24, 2.45) is 0 Å². The van der Waals surface area contributed by atoms with Crippen LogP contribution in [0.4, 0.5) is 5.69 Å². The number of carbonyl (C=O) groups excluding carboxylic acids is 1. The van der Waals surface area contributed by atoms with E-state index in [0.29, 0.717) is 6.42 Å². The first-order valence-electron chi connectivity index (χ1n) is 7.48. The Morgan fingerprint density at radius 1 is 1.10 bits per heavy atom. The van der Waals surface area contributed by atoms with Gasteiger partial charge in [-0.1, -0.05) is 35.9 Å². The summed E-state index contributed by atoms with van der Waals surface area (Å²) in [5.41, 5.74) is 7.34. The molecular formula is C19H21NO. The van der Waals surface area contributed by atoms with E-state index in [-0.39, 0.29) is 11.8 Å². The third-order valence-corrected chi connectivity index (χ3v) is 4.35. The van der Waals surface area contributed by atoms with Gasteiger partial charge >= 0.3 is 0 Å². The molecule has 1 N–H and O–H groups in total. The van der Waals surface area contributed by atoms with Crippen molar-refractivity contribution >= 4 is 11.5 Å². The van der Waals surface area contributed by atoms with Gasteiger partial charge in [-0.25, -0.2) is 0 Å². The number of para-hydroxylation sites is 1. The van der Waals surface area contributed by atoms with Gasteiger partial charge in [0.15, 0.2) is 5.78 Å². The predicted molar refractivity (Wildman–Crippen MR) is 86.9 cm³/mol. The standard InChI is InChI=1S/C19H21NO/c1-12-8-13(2)16(14(3)9-12)11-18-19(21)10-15-6-4-5-7-17(15)20-18/h4-9,18,20H,10-11H2,1-3H3/t18-/m1/s1. The number of aryl methyl sites for hydroxylation is 3. The first kappa shape index (κ1) is 13.9. The van der Waals surface area contributed by atoms with Crippen molar-refractivity contribution in [1.29, 1.82) is 0 Å². The van der Waals surface area contributed by atoms with Gasteiger partial charge in [0.1, 0.15) is 0 Å². The van der Waals surface area contributed by atoms with Crippen LogP contribution >= 0.6 is 0 Å². The minimum Gasteiger partial charge on any atom is -0.375 e. The van der Waals surface area contributed by atoms with Crippen LogP contribution in [-0.4, -0.2) is 11.8 Å². The molecule has 0 aliphatic carbocycles. The van der Waals surface area contributed by atoms with Crippen LogP contribution in [0.2, 0.25) is 0 Å². The average Bonchev–Trinajstić information content (AvgIpc) is 2.43. The minimum absolute atomic E-state index is 0.111. The Labute approximate surface area is 126 Å². The summed E-state index contributed by atoms with van der Waals surface area (Å²) in [4.78, 5) is 12.4. The molecule has 2 heteroatoms. The lowest BCUT2D eigenvalue weighted by atomic mass is 9.89. The second kappa shape index (κ2) is 5.36. The number of Topliss-reactive ketones (excluding diaryl/α,β-unsaturated/α-hetero) is 1. The van der Waals surface area contributed by atoms with Gasteiger partial charge in [0.05, 0.1) is 6.04 Å². The fraction of sp³-hybridized carbons (Fsp3) is 0.316. The van der Waals surface area contributed by atoms with Crippen molar-refractivity contribution in [3.63, 3.8) is 0 Å². The average molecular weight is 279 g/mol. The molecule has 0 amide bonds. The van der Waals surface area contributed by atoms with Crippen LogP contribution in [0.5, 0.6) is 0 Å². The number of nitrogens with one attached hydrogen (secondary N) is 1. The van der Waals surface area contributed by atoms with Gasteiger partial charge in [0.2, 0.25) is 0 Å². The largest absolute Gasteiger partial charge is 0.375 e. The number of hydrogen-bond acceptors (Lipinski definition) is 2. The predicted octanol–water partition coefficient (Wildman–Crippen LogP) is 3.76. The lowest BCUT2D eigenvalue weighted by Crippen LogP contribution is -2.37. The van der Waals surface area contributed by atoms with Gasteiger partial charge < -0.3 is 5.32 Å². The monoisotopic (exact) mass is 279 g/mol. The van der Waals surface area contributed by atoms with Crippen LogP contribution in [0.25, 0.3) is 0 Å². The lowest BCUT2D eigenvalue weighted by Gasteiger charge is -2.27. The summed E-state index contributed by atoms with van der Waals surface area (Å²) in [5, 5.41) is 3.41. The summed E-state index contributed by atoms with van der Waals surface area (Å²) < 4.78 is 0. The Hall–Kier alpha value is -2.09. The van der Waals surface area contributed by atoms with Crippen molar-refractivity contribution in [2.75, 3.05) is 5.32 Å². The third kappa shape index (κ3) is 2.71. The Bertz CT molecular complexity index is 679. The second-order valence-corrected chi connectivity index (χ2v) is 6.08. The van der Waals surface area contributed by atoms with E-state index in [4.69, 9.17) is 0 Å². The highest BCUT2D eigenvalue weighted by atomic mass is 16.1. The first-order valence-corrected chi connectivity index (χ1v) is 7.48. The second-order valence-electron chi connectivity index (χ2n) is 6.08. The highest BCUT2D eigenvalue weighted by molar-refractivity contribution is 5.93. The molecule has 0 aromatic heterocycles. The number of rotatable bonds is 2. The summed E-state index contributed by atoms with van der Waals surface area (Å²) in [7, 11) is 0. The van der Waals surface area contributed by atoms with Crippen molar-refractivity contribution in [1.82, 2.24) is 0 Å². The zero-order chi connectivity index (χ0) is 15.0. The molecule has 1 heterocycles. The van der Waals surface area contributed by atoms with Crippen LogP contribution in [0.15, 0.2) is 36.4 Å². The molecule has 0 saturated heterocycles. The van der Waals surface area contributed by atoms with Crippen molar-refractivity contribution in [3.8, 4) is 0 Å². The van der Waals surface area contributed by atoms with E-state index in [9.17, 15) is 4.79 Å². The van der Waals surface area contributed by atoms with Gasteiger partial charge in [-0.3, -0.25) is 4.79 Å². The van der Waals surface area contributed by atoms with Crippen LogP contribution in [-0.2, 0) is 17.6 Å². The molecule has 2 aromatic carbocycles. The molecule has 0 radical (unpaired) electrons. The molecule has 2 nitrogen and oxygen atoms in total. The molecule has 0 fully saturated rings. The van der Waals surface area contributed by atoms with Gasteiger partial charge in [0.25, 0.3) is 0 Å². The van der Waals surface area contributed by atoms with E-state index < -0.39 is 0 Å². The molecular weight excluding hydrogens is 258 g/mol. The van der Waals surface area contributed by atoms with E-state index in [1.807, 2.05) is 18.2 Å². The highest BCUT2D eigenvalue weighted by Gasteiger charge is 2.26. The maximum Gasteiger partial charge on any atom is 0.159 e. The van der Waals surface area contributed by atoms with Crippen LogP contribution < -0.4 is 5.32 Å². The number of carbonyl (C=O) groups is 1. The normalized spacial score (nSPS) is 17.3. The summed E-state index contributed by atoms with van der Waals surface area (Å²) >= 11 is 0. The summed E-state index contributed by atoms with van der Waals surface area (Å²) in [6.45, 7) is 6.39. The molecule has 1 aliphatic rings. The molecule has 0 spiro atoms. The third-order valence-electron chi connectivity index (χ3n) is 4.35. The molecule has 0 bridgehead atoms. The smallest absolute Gasteiger partial charge is 0.159 e. The molecule has 0 unspecified atom stereocenters. The first-order chi connectivity index (χ1) is 10.0. The van der Waals surface area contributed by atoms with Crippen molar-refractivity contribution < 1.29 is 4.79 Å². The lowest BCUT2D eigenvalue weighted by molar-refractivity contribution is -0.119. The number of fused-ring (bicyclic) bond motifs is 1. The Morgan fingerprint density at radius 2 is 1.76 bits per heavy atom. The van der Waals surface area contributed by atoms with Crippen molar-refractivity contribution in [2.45, 2.75) is 39.7 Å². The van der Waals surface area contributed by atoms with E-state index in [0.717, 1.165) is 17.7 Å². The quantitative estimate of drug-likeness (QED) is 0.907. The van der Waals surface area contributed by atoms with E-state index in [1.165, 1.54) is 22.3 Å². The molecule has 3 rings (SSSR count). The zero-order valence-electron chi connectivity index (χ0n) is 12.9. The summed E-state index contributed by atoms with van der Waals surface area (Å²) in [5.74, 6) is 0.285. The zero-order valence-corrected chi connectivity index (χ0v) is 12.9. The SMILES string of the molecule is Cc1cc(C)c(C[C@H]2Nc3ccccc3CC2=O)c(C)c1. The molecule has 1 aliphatic heterocycles. The molecule has 2 aromatic rings. The van der Waals surface area contributed by atoms with Gasteiger partial charge in [0, 0.05) is 18.5 Å². The number of ketones is 1. The topological polar surface area (TPSA) is 29.1 Å². The van der Waals surface area contributed by atoms with Crippen LogP contribution in [0.3, 0.4) is 0 Å². The van der Waals surface area contributed by atoms with Gasteiger partial charge in [-0.05, 0) is 49.1 Å². The van der Waals surface area contributed by atoms with Gasteiger partial charge in [-0.2, -0.15) is 0 Å². The molecule has 108 valence electrons. The number of benzene rings is 2. The highest BCUT2D eigenvalue weighted by Crippen LogP contribution is 2.26. The van der Waals surface area contributed by atoms with E-state index in [1.54, 1.807) is 0 Å². The molecule has 0 saturated carbocycles. The fourth-order valence-electron chi connectivity index (χ4n) is 3.30. The molecule has 1 atom stereocenters. The maximum absolute atomic E-state index is 12.4. The van der Waals surface area contributed by atoms with Crippen LogP contribution in [0.1, 0.15) is 27.8 Å². The maximum atomic E-state index is 12.4. The minimum atomic E-state index is -0.111. The molecule has 21 heavy (non-hydrogen) atoms. The fourth-order valence-corrected chi connectivity index (χ4v) is 3.30. The Kier molecular flexibility index (Phi) is 3.54. The van der Waals surface area contributed by atoms with E-state index >= 15 is 0 Å². The number of hydrogen-bond donors (Lipinski definition) is 1. The van der Waals surface area contributed by atoms with Gasteiger partial charge in [-0.15, -0.1) is 0 Å². The Balaban J connectivity index is 1.88. The number of anilines is 1. The van der Waals surface area contributed by atoms with E-state index in [2.05, 4.69) is 44.3 Å². The Morgan fingerprint density at radius 3 is 2.48 bits per heavy atom. The summed E-state index contributed by atoms with van der Waals surface area (Å²) in [6, 6.07) is 12.4. The van der Waals surface area contributed by atoms with Crippen LogP contribution in [0, 0.1) is 20.8 Å².